The van der Waals surface area contributed by atoms with Crippen LogP contribution in [-0.4, -0.2) is 26.6 Å². The molecule has 0 aliphatic rings. The molecule has 0 atom stereocenters. The molecule has 0 bridgehead atoms. The average Bonchev–Trinajstić information content (AvgIpc) is 1.87. The zero-order valence-electron chi connectivity index (χ0n) is 6.07. The molecule has 0 aliphatic carbocycles. The summed E-state index contributed by atoms with van der Waals surface area (Å²) in [6.45, 7) is 2.88. The molecule has 0 aromatic heterocycles. The first kappa shape index (κ1) is 12.5. The van der Waals surface area contributed by atoms with Crippen molar-refractivity contribution in [2.45, 2.75) is 13.3 Å². The molecule has 0 fully saturated rings. The molecular weight excluding hydrogens is 158 g/mol. The summed E-state index contributed by atoms with van der Waals surface area (Å²) in [4.78, 5) is 0. The van der Waals surface area contributed by atoms with Crippen LogP contribution in [0.1, 0.15) is 13.3 Å². The van der Waals surface area contributed by atoms with Crippen molar-refractivity contribution in [3.05, 3.63) is 0 Å². The summed E-state index contributed by atoms with van der Waals surface area (Å²) in [7, 11) is -3.29. The highest BCUT2D eigenvalue weighted by atomic mass is 32.3. The van der Waals surface area contributed by atoms with E-state index < -0.39 is 10.4 Å². The van der Waals surface area contributed by atoms with E-state index >= 15 is 0 Å². The summed E-state index contributed by atoms with van der Waals surface area (Å²) in [5.74, 6) is 0. The van der Waals surface area contributed by atoms with Gasteiger partial charge in [-0.3, -0.25) is 8.74 Å². The minimum Gasteiger partial charge on any atom is -0.330 e. The molecule has 0 unspecified atom stereocenters. The van der Waals surface area contributed by atoms with E-state index in [1.165, 1.54) is 0 Å². The molecule has 0 spiro atoms. The zero-order valence-corrected chi connectivity index (χ0v) is 6.89. The molecule has 0 heterocycles. The SMILES string of the molecule is CCCN.COS(=O)(=O)O. The van der Waals surface area contributed by atoms with Crippen LogP contribution in [0, 0.1) is 0 Å². The third kappa shape index (κ3) is 24.9. The van der Waals surface area contributed by atoms with Crippen LogP contribution >= 0.6 is 0 Å². The fourth-order valence-corrected chi connectivity index (χ4v) is 0. The largest absolute Gasteiger partial charge is 0.397 e. The van der Waals surface area contributed by atoms with Crippen LogP contribution in [0.2, 0.25) is 0 Å². The van der Waals surface area contributed by atoms with E-state index in [2.05, 4.69) is 11.1 Å². The summed E-state index contributed by atoms with van der Waals surface area (Å²) < 4.78 is 29.7. The summed E-state index contributed by atoms with van der Waals surface area (Å²) >= 11 is 0. The summed E-state index contributed by atoms with van der Waals surface area (Å²) in [5, 5.41) is 0. The quantitative estimate of drug-likeness (QED) is 0.561. The highest BCUT2D eigenvalue weighted by Gasteiger charge is 1.93. The van der Waals surface area contributed by atoms with Gasteiger partial charge in [-0.2, -0.15) is 8.42 Å². The molecule has 3 N–H and O–H groups in total. The molecule has 0 amide bonds. The molecule has 6 heteroatoms. The standard InChI is InChI=1S/C3H9N.CH4O4S/c1-2-3-4;1-5-6(2,3)4/h2-4H2,1H3;1H3,(H,2,3,4). The maximum Gasteiger partial charge on any atom is 0.397 e. The Kier molecular flexibility index (Phi) is 8.68. The molecule has 0 aliphatic heterocycles. The molecule has 0 saturated heterocycles. The monoisotopic (exact) mass is 171 g/mol. The topological polar surface area (TPSA) is 89.6 Å². The van der Waals surface area contributed by atoms with Crippen molar-refractivity contribution in [1.29, 1.82) is 0 Å². The van der Waals surface area contributed by atoms with Gasteiger partial charge in [0.25, 0.3) is 0 Å². The Balaban J connectivity index is 0. The van der Waals surface area contributed by atoms with Crippen LogP contribution in [0.5, 0.6) is 0 Å². The van der Waals surface area contributed by atoms with Gasteiger partial charge in [0, 0.05) is 0 Å². The number of hydrogen-bond donors (Lipinski definition) is 2. The van der Waals surface area contributed by atoms with E-state index in [0.717, 1.165) is 20.1 Å². The van der Waals surface area contributed by atoms with Crippen LogP contribution in [0.15, 0.2) is 0 Å². The van der Waals surface area contributed by atoms with Gasteiger partial charge in [-0.05, 0) is 13.0 Å². The van der Waals surface area contributed by atoms with Crippen LogP contribution in [-0.2, 0) is 14.6 Å². The molecule has 0 rings (SSSR count). The van der Waals surface area contributed by atoms with Crippen LogP contribution in [0.3, 0.4) is 0 Å². The molecule has 0 aromatic carbocycles. The lowest BCUT2D eigenvalue weighted by Gasteiger charge is -1.82. The number of hydrogen-bond acceptors (Lipinski definition) is 4. The molecule has 64 valence electrons. The van der Waals surface area contributed by atoms with E-state index in [1.807, 2.05) is 0 Å². The van der Waals surface area contributed by atoms with Gasteiger partial charge in [0.05, 0.1) is 7.11 Å². The van der Waals surface area contributed by atoms with E-state index in [9.17, 15) is 8.42 Å². The van der Waals surface area contributed by atoms with Crippen molar-refractivity contribution in [1.82, 2.24) is 0 Å². The van der Waals surface area contributed by atoms with Gasteiger partial charge >= 0.3 is 10.4 Å². The molecule has 10 heavy (non-hydrogen) atoms. The van der Waals surface area contributed by atoms with Gasteiger partial charge in [0.15, 0.2) is 0 Å². The second-order valence-electron chi connectivity index (χ2n) is 1.38. The second kappa shape index (κ2) is 6.94. The fourth-order valence-electron chi connectivity index (χ4n) is 0. The Morgan fingerprint density at radius 2 is 1.80 bits per heavy atom. The van der Waals surface area contributed by atoms with Crippen LogP contribution in [0.4, 0.5) is 0 Å². The lowest BCUT2D eigenvalue weighted by Crippen LogP contribution is -1.96. The van der Waals surface area contributed by atoms with Crippen molar-refractivity contribution < 1.29 is 17.2 Å². The van der Waals surface area contributed by atoms with Gasteiger partial charge in [0.1, 0.15) is 0 Å². The smallest absolute Gasteiger partial charge is 0.330 e. The third-order valence-electron chi connectivity index (χ3n) is 0.499. The molecule has 0 aromatic rings. The first-order valence-corrected chi connectivity index (χ1v) is 4.07. The highest BCUT2D eigenvalue weighted by Crippen LogP contribution is 1.74. The minimum absolute atomic E-state index is 0.819. The van der Waals surface area contributed by atoms with Crippen molar-refractivity contribution >= 4 is 10.4 Å². The lowest BCUT2D eigenvalue weighted by atomic mass is 10.5. The summed E-state index contributed by atoms with van der Waals surface area (Å²) in [6.07, 6.45) is 1.10. The second-order valence-corrected chi connectivity index (χ2v) is 2.57. The maximum absolute atomic E-state index is 9.33. The van der Waals surface area contributed by atoms with Gasteiger partial charge in [-0.1, -0.05) is 6.92 Å². The van der Waals surface area contributed by atoms with Crippen molar-refractivity contribution in [2.75, 3.05) is 13.7 Å². The molecule has 5 nitrogen and oxygen atoms in total. The molecule has 0 radical (unpaired) electrons. The molecule has 0 saturated carbocycles. The van der Waals surface area contributed by atoms with Crippen LogP contribution in [0.25, 0.3) is 0 Å². The fraction of sp³-hybridized carbons (Fsp3) is 1.00. The van der Waals surface area contributed by atoms with E-state index in [4.69, 9.17) is 10.3 Å². The Hall–Kier alpha value is -0.170. The van der Waals surface area contributed by atoms with Crippen molar-refractivity contribution in [3.8, 4) is 0 Å². The first-order chi connectivity index (χ1) is 4.47. The summed E-state index contributed by atoms with van der Waals surface area (Å²) in [6, 6.07) is 0. The average molecular weight is 171 g/mol. The minimum atomic E-state index is -4.16. The highest BCUT2D eigenvalue weighted by molar-refractivity contribution is 7.80. The normalized spacial score (nSPS) is 10.0. The Bertz CT molecular complexity index is 139. The van der Waals surface area contributed by atoms with E-state index in [-0.39, 0.29) is 0 Å². The third-order valence-corrected chi connectivity index (χ3v) is 0.921. The summed E-state index contributed by atoms with van der Waals surface area (Å²) in [5.41, 5.74) is 5.03. The molecular formula is C4H13NO4S. The van der Waals surface area contributed by atoms with Gasteiger partial charge < -0.3 is 5.73 Å². The number of nitrogens with two attached hydrogens (primary N) is 1. The van der Waals surface area contributed by atoms with E-state index in [0.29, 0.717) is 0 Å². The van der Waals surface area contributed by atoms with Crippen LogP contribution < -0.4 is 5.73 Å². The zero-order chi connectivity index (χ0) is 8.62. The van der Waals surface area contributed by atoms with Gasteiger partial charge in [-0.15, -0.1) is 0 Å². The predicted octanol–water partition coefficient (Wildman–Crippen LogP) is -0.209. The number of rotatable bonds is 2. The Labute approximate surface area is 61.1 Å². The predicted molar refractivity (Wildman–Crippen MR) is 37.9 cm³/mol. The van der Waals surface area contributed by atoms with Gasteiger partial charge in [-0.25, -0.2) is 0 Å². The first-order valence-electron chi connectivity index (χ1n) is 2.71. The van der Waals surface area contributed by atoms with Gasteiger partial charge in [0.2, 0.25) is 0 Å². The van der Waals surface area contributed by atoms with E-state index in [1.54, 1.807) is 0 Å². The Morgan fingerprint density at radius 3 is 1.80 bits per heavy atom. The lowest BCUT2D eigenvalue weighted by molar-refractivity contribution is 0.324. The maximum atomic E-state index is 9.33. The Morgan fingerprint density at radius 1 is 1.60 bits per heavy atom. The van der Waals surface area contributed by atoms with Crippen molar-refractivity contribution in [2.24, 2.45) is 5.73 Å². The van der Waals surface area contributed by atoms with Crippen molar-refractivity contribution in [3.63, 3.8) is 0 Å².